The molecule has 1 aliphatic rings. The lowest BCUT2D eigenvalue weighted by Gasteiger charge is -2.10. The van der Waals surface area contributed by atoms with Crippen molar-refractivity contribution in [2.24, 2.45) is 5.10 Å². The molecule has 0 N–H and O–H groups in total. The van der Waals surface area contributed by atoms with Gasteiger partial charge in [0.05, 0.1) is 28.2 Å². The van der Waals surface area contributed by atoms with Crippen LogP contribution in [0.15, 0.2) is 58.2 Å². The zero-order valence-corrected chi connectivity index (χ0v) is 14.4. The van der Waals surface area contributed by atoms with E-state index in [1.807, 2.05) is 41.8 Å². The van der Waals surface area contributed by atoms with Gasteiger partial charge in [-0.05, 0) is 17.0 Å². The Labute approximate surface area is 147 Å². The van der Waals surface area contributed by atoms with Crippen LogP contribution in [0.3, 0.4) is 0 Å². The van der Waals surface area contributed by atoms with E-state index in [0.717, 1.165) is 32.9 Å². The normalized spacial score (nSPS) is 14.2. The van der Waals surface area contributed by atoms with Crippen molar-refractivity contribution in [2.75, 3.05) is 12.3 Å². The van der Waals surface area contributed by atoms with Crippen LogP contribution in [-0.4, -0.2) is 38.9 Å². The van der Waals surface area contributed by atoms with Gasteiger partial charge in [0.15, 0.2) is 0 Å². The first-order chi connectivity index (χ1) is 11.8. The number of nitrogens with zero attached hydrogens (tertiary/aromatic N) is 4. The van der Waals surface area contributed by atoms with Crippen molar-refractivity contribution in [3.05, 3.63) is 53.7 Å². The zero-order valence-electron chi connectivity index (χ0n) is 12.8. The van der Waals surface area contributed by atoms with Gasteiger partial charge in [-0.25, -0.2) is 15.0 Å². The molecule has 24 heavy (non-hydrogen) atoms. The van der Waals surface area contributed by atoms with Crippen LogP contribution in [0.1, 0.15) is 12.0 Å². The van der Waals surface area contributed by atoms with Gasteiger partial charge in [0.2, 0.25) is 0 Å². The molecule has 1 amide bonds. The van der Waals surface area contributed by atoms with Crippen molar-refractivity contribution in [3.8, 4) is 0 Å². The first kappa shape index (κ1) is 15.3. The molecule has 0 fully saturated rings. The van der Waals surface area contributed by atoms with Gasteiger partial charge in [0.1, 0.15) is 11.4 Å². The molecule has 4 rings (SSSR count). The largest absolute Gasteiger partial charge is 0.272 e. The molecule has 120 valence electrons. The van der Waals surface area contributed by atoms with E-state index in [1.165, 1.54) is 11.8 Å². The minimum atomic E-state index is 0.00856. The second-order valence-corrected chi connectivity index (χ2v) is 7.16. The molecular formula is C17H14N4OS2. The molecule has 0 spiro atoms. The molecule has 0 saturated heterocycles. The van der Waals surface area contributed by atoms with Crippen molar-refractivity contribution >= 4 is 44.9 Å². The molecule has 0 unspecified atom stereocenters. The van der Waals surface area contributed by atoms with Gasteiger partial charge in [-0.2, -0.15) is 5.10 Å². The van der Waals surface area contributed by atoms with Crippen LogP contribution in [0.4, 0.5) is 0 Å². The quantitative estimate of drug-likeness (QED) is 0.532. The Kier molecular flexibility index (Phi) is 4.27. The first-order valence-electron chi connectivity index (χ1n) is 7.55. The summed E-state index contributed by atoms with van der Waals surface area (Å²) >= 11 is 3.04. The van der Waals surface area contributed by atoms with E-state index < -0.39 is 0 Å². The number of hydrogen-bond acceptors (Lipinski definition) is 6. The number of hydrogen-bond donors (Lipinski definition) is 0. The first-order valence-corrected chi connectivity index (χ1v) is 9.42. The van der Waals surface area contributed by atoms with Crippen molar-refractivity contribution in [1.29, 1.82) is 0 Å². The lowest BCUT2D eigenvalue weighted by Crippen LogP contribution is -2.25. The SMILES string of the molecule is O=C(CSc1ncnc2ccsc12)N1CCC(c2ccccc2)=N1. The minimum absolute atomic E-state index is 0.00856. The minimum Gasteiger partial charge on any atom is -0.272 e. The van der Waals surface area contributed by atoms with Crippen LogP contribution < -0.4 is 0 Å². The molecule has 0 saturated carbocycles. The predicted octanol–water partition coefficient (Wildman–Crippen LogP) is 3.42. The van der Waals surface area contributed by atoms with Gasteiger partial charge < -0.3 is 0 Å². The maximum Gasteiger partial charge on any atom is 0.253 e. The molecule has 1 aromatic carbocycles. The summed E-state index contributed by atoms with van der Waals surface area (Å²) in [4.78, 5) is 20.9. The van der Waals surface area contributed by atoms with Gasteiger partial charge in [0.25, 0.3) is 5.91 Å². The van der Waals surface area contributed by atoms with Crippen molar-refractivity contribution < 1.29 is 4.79 Å². The Morgan fingerprint density at radius 3 is 2.96 bits per heavy atom. The van der Waals surface area contributed by atoms with Gasteiger partial charge in [-0.3, -0.25) is 4.79 Å². The highest BCUT2D eigenvalue weighted by molar-refractivity contribution is 8.00. The number of carbonyl (C=O) groups is 1. The Morgan fingerprint density at radius 2 is 2.08 bits per heavy atom. The summed E-state index contributed by atoms with van der Waals surface area (Å²) in [5, 5.41) is 8.90. The molecule has 0 radical (unpaired) electrons. The number of benzene rings is 1. The number of thioether (sulfide) groups is 1. The van der Waals surface area contributed by atoms with E-state index in [9.17, 15) is 4.79 Å². The van der Waals surface area contributed by atoms with E-state index in [4.69, 9.17) is 0 Å². The third-order valence-corrected chi connectivity index (χ3v) is 5.75. The number of carbonyl (C=O) groups excluding carboxylic acids is 1. The highest BCUT2D eigenvalue weighted by Gasteiger charge is 2.22. The average molecular weight is 354 g/mol. The molecule has 0 aliphatic carbocycles. The molecule has 3 heterocycles. The van der Waals surface area contributed by atoms with Gasteiger partial charge >= 0.3 is 0 Å². The second-order valence-electron chi connectivity index (χ2n) is 5.28. The molecule has 0 atom stereocenters. The Balaban J connectivity index is 1.44. The summed E-state index contributed by atoms with van der Waals surface area (Å²) in [6, 6.07) is 12.0. The highest BCUT2D eigenvalue weighted by atomic mass is 32.2. The number of rotatable bonds is 4. The van der Waals surface area contributed by atoms with Crippen LogP contribution in [0.2, 0.25) is 0 Å². The Morgan fingerprint density at radius 1 is 1.21 bits per heavy atom. The molecule has 0 bridgehead atoms. The van der Waals surface area contributed by atoms with E-state index in [1.54, 1.807) is 22.7 Å². The van der Waals surface area contributed by atoms with Crippen molar-refractivity contribution in [1.82, 2.24) is 15.0 Å². The molecule has 5 nitrogen and oxygen atoms in total. The van der Waals surface area contributed by atoms with E-state index in [2.05, 4.69) is 15.1 Å². The summed E-state index contributed by atoms with van der Waals surface area (Å²) in [5.74, 6) is 0.338. The smallest absolute Gasteiger partial charge is 0.253 e. The van der Waals surface area contributed by atoms with Gasteiger partial charge in [-0.1, -0.05) is 42.1 Å². The van der Waals surface area contributed by atoms with E-state index in [-0.39, 0.29) is 5.91 Å². The van der Waals surface area contributed by atoms with Gasteiger partial charge in [-0.15, -0.1) is 11.3 Å². The average Bonchev–Trinajstić information content (AvgIpc) is 3.30. The number of amides is 1. The fourth-order valence-electron chi connectivity index (χ4n) is 2.54. The standard InChI is InChI=1S/C17H14N4OS2/c22-15(10-24-17-16-14(7-9-23-16)18-11-19-17)21-8-6-13(20-21)12-4-2-1-3-5-12/h1-5,7,9,11H,6,8,10H2. The van der Waals surface area contributed by atoms with E-state index >= 15 is 0 Å². The van der Waals surface area contributed by atoms with Crippen LogP contribution >= 0.6 is 23.1 Å². The third kappa shape index (κ3) is 3.05. The zero-order chi connectivity index (χ0) is 16.4. The fraction of sp³-hybridized carbons (Fsp3) is 0.176. The molecule has 2 aromatic heterocycles. The second kappa shape index (κ2) is 6.70. The van der Waals surface area contributed by atoms with Crippen LogP contribution in [0.25, 0.3) is 10.2 Å². The monoisotopic (exact) mass is 354 g/mol. The third-order valence-electron chi connectivity index (χ3n) is 3.74. The number of hydrazone groups is 1. The molecule has 7 heteroatoms. The molecule has 1 aliphatic heterocycles. The predicted molar refractivity (Wildman–Crippen MR) is 97.4 cm³/mol. The van der Waals surface area contributed by atoms with Crippen molar-refractivity contribution in [2.45, 2.75) is 11.4 Å². The summed E-state index contributed by atoms with van der Waals surface area (Å²) in [5.41, 5.74) is 2.98. The topological polar surface area (TPSA) is 58.5 Å². The Bertz CT molecular complexity index is 907. The maximum atomic E-state index is 12.4. The number of aromatic nitrogens is 2. The number of thiophene rings is 1. The number of fused-ring (bicyclic) bond motifs is 1. The Hall–Kier alpha value is -2.25. The molecule has 3 aromatic rings. The van der Waals surface area contributed by atoms with E-state index in [0.29, 0.717) is 12.3 Å². The summed E-state index contributed by atoms with van der Waals surface area (Å²) in [6.07, 6.45) is 2.34. The fourth-order valence-corrected chi connectivity index (χ4v) is 4.36. The van der Waals surface area contributed by atoms with Crippen LogP contribution in [-0.2, 0) is 4.79 Å². The summed E-state index contributed by atoms with van der Waals surface area (Å²) < 4.78 is 1.03. The highest BCUT2D eigenvalue weighted by Crippen LogP contribution is 2.29. The maximum absolute atomic E-state index is 12.4. The summed E-state index contributed by atoms with van der Waals surface area (Å²) in [6.45, 7) is 0.641. The molecular weight excluding hydrogens is 340 g/mol. The van der Waals surface area contributed by atoms with Crippen LogP contribution in [0.5, 0.6) is 0 Å². The van der Waals surface area contributed by atoms with Gasteiger partial charge in [0, 0.05) is 6.42 Å². The lowest BCUT2D eigenvalue weighted by atomic mass is 10.1. The van der Waals surface area contributed by atoms with Crippen LogP contribution in [0, 0.1) is 0 Å². The summed E-state index contributed by atoms with van der Waals surface area (Å²) in [7, 11) is 0. The lowest BCUT2D eigenvalue weighted by molar-refractivity contribution is -0.127. The van der Waals surface area contributed by atoms with Crippen molar-refractivity contribution in [3.63, 3.8) is 0 Å².